The van der Waals surface area contributed by atoms with Gasteiger partial charge in [-0.1, -0.05) is 17.7 Å². The number of benzene rings is 1. The van der Waals surface area contributed by atoms with Crippen LogP contribution in [0.1, 0.15) is 11.1 Å². The number of carbonyl (C=O) groups excluding carboxylic acids is 2. The molecular formula is C13H16N2O3. The molecule has 0 bridgehead atoms. The average Bonchev–Trinajstić information content (AvgIpc) is 2.32. The predicted octanol–water partition coefficient (Wildman–Crippen LogP) is 0.757. The van der Waals surface area contributed by atoms with E-state index in [4.69, 9.17) is 4.74 Å². The van der Waals surface area contributed by atoms with Gasteiger partial charge in [-0.3, -0.25) is 9.59 Å². The lowest BCUT2D eigenvalue weighted by Crippen LogP contribution is -2.52. The number of carbonyl (C=O) groups is 2. The normalized spacial score (nSPS) is 19.2. The molecule has 0 spiro atoms. The zero-order chi connectivity index (χ0) is 13.1. The Morgan fingerprint density at radius 1 is 1.44 bits per heavy atom. The van der Waals surface area contributed by atoms with E-state index in [1.54, 1.807) is 0 Å². The summed E-state index contributed by atoms with van der Waals surface area (Å²) in [7, 11) is 0. The lowest BCUT2D eigenvalue weighted by Gasteiger charge is -2.23. The number of anilines is 1. The molecule has 2 rings (SSSR count). The lowest BCUT2D eigenvalue weighted by atomic mass is 10.1. The third kappa shape index (κ3) is 2.87. The van der Waals surface area contributed by atoms with Crippen molar-refractivity contribution >= 4 is 17.5 Å². The molecule has 5 nitrogen and oxygen atoms in total. The van der Waals surface area contributed by atoms with Crippen LogP contribution in [0.25, 0.3) is 0 Å². The summed E-state index contributed by atoms with van der Waals surface area (Å²) in [6.45, 7) is 4.15. The summed E-state index contributed by atoms with van der Waals surface area (Å²) in [6, 6.07) is 5.16. The third-order valence-electron chi connectivity index (χ3n) is 2.81. The number of amides is 2. The Morgan fingerprint density at radius 2 is 2.22 bits per heavy atom. The highest BCUT2D eigenvalue weighted by molar-refractivity contribution is 5.98. The van der Waals surface area contributed by atoms with Crippen molar-refractivity contribution in [2.75, 3.05) is 18.5 Å². The molecule has 1 aromatic carbocycles. The fourth-order valence-corrected chi connectivity index (χ4v) is 1.86. The van der Waals surface area contributed by atoms with Gasteiger partial charge < -0.3 is 15.4 Å². The molecule has 1 aliphatic heterocycles. The highest BCUT2D eigenvalue weighted by Crippen LogP contribution is 2.16. The summed E-state index contributed by atoms with van der Waals surface area (Å²) in [6.07, 6.45) is 0. The van der Waals surface area contributed by atoms with Crippen molar-refractivity contribution < 1.29 is 14.3 Å². The maximum Gasteiger partial charge on any atom is 0.249 e. The quantitative estimate of drug-likeness (QED) is 0.812. The zero-order valence-electron chi connectivity index (χ0n) is 10.4. The number of hydrogen-bond acceptors (Lipinski definition) is 3. The van der Waals surface area contributed by atoms with Gasteiger partial charge in [-0.25, -0.2) is 0 Å². The standard InChI is InChI=1S/C13H16N2O3/c1-8-3-4-10(9(2)5-8)15-13(17)11-6-18-7-12(16)14-11/h3-5,11H,6-7H2,1-2H3,(H,14,16)(H,15,17). The number of hydrogen-bond donors (Lipinski definition) is 2. The van der Waals surface area contributed by atoms with Crippen molar-refractivity contribution in [3.63, 3.8) is 0 Å². The molecule has 18 heavy (non-hydrogen) atoms. The van der Waals surface area contributed by atoms with Gasteiger partial charge in [-0.2, -0.15) is 0 Å². The van der Waals surface area contributed by atoms with Crippen LogP contribution in [-0.2, 0) is 14.3 Å². The monoisotopic (exact) mass is 248 g/mol. The van der Waals surface area contributed by atoms with Gasteiger partial charge in [-0.05, 0) is 25.5 Å². The second kappa shape index (κ2) is 5.18. The second-order valence-corrected chi connectivity index (χ2v) is 4.44. The summed E-state index contributed by atoms with van der Waals surface area (Å²) in [5, 5.41) is 5.39. The van der Waals surface area contributed by atoms with E-state index in [0.717, 1.165) is 16.8 Å². The van der Waals surface area contributed by atoms with Gasteiger partial charge in [0, 0.05) is 5.69 Å². The fourth-order valence-electron chi connectivity index (χ4n) is 1.86. The Hall–Kier alpha value is -1.88. The first kappa shape index (κ1) is 12.6. The molecular weight excluding hydrogens is 232 g/mol. The van der Waals surface area contributed by atoms with Crippen LogP contribution in [0.5, 0.6) is 0 Å². The van der Waals surface area contributed by atoms with E-state index in [2.05, 4.69) is 10.6 Å². The number of nitrogens with one attached hydrogen (secondary N) is 2. The summed E-state index contributed by atoms with van der Waals surface area (Å²) >= 11 is 0. The molecule has 1 saturated heterocycles. The van der Waals surface area contributed by atoms with Crippen LogP contribution in [0, 0.1) is 13.8 Å². The van der Waals surface area contributed by atoms with Gasteiger partial charge in [0.15, 0.2) is 0 Å². The van der Waals surface area contributed by atoms with Gasteiger partial charge in [0.1, 0.15) is 12.6 Å². The number of ether oxygens (including phenoxy) is 1. The van der Waals surface area contributed by atoms with E-state index in [1.807, 2.05) is 32.0 Å². The van der Waals surface area contributed by atoms with E-state index in [0.29, 0.717) is 0 Å². The fraction of sp³-hybridized carbons (Fsp3) is 0.385. The summed E-state index contributed by atoms with van der Waals surface area (Å²) in [5.74, 6) is -0.517. The molecule has 1 heterocycles. The molecule has 1 atom stereocenters. The lowest BCUT2D eigenvalue weighted by molar-refractivity contribution is -0.136. The average molecular weight is 248 g/mol. The maximum absolute atomic E-state index is 11.9. The minimum atomic E-state index is -0.619. The highest BCUT2D eigenvalue weighted by Gasteiger charge is 2.25. The molecule has 0 aliphatic carbocycles. The molecule has 1 fully saturated rings. The molecule has 96 valence electrons. The van der Waals surface area contributed by atoms with Gasteiger partial charge in [0.2, 0.25) is 11.8 Å². The Morgan fingerprint density at radius 3 is 2.89 bits per heavy atom. The molecule has 1 aliphatic rings. The van der Waals surface area contributed by atoms with Crippen molar-refractivity contribution in [2.24, 2.45) is 0 Å². The molecule has 2 amide bonds. The third-order valence-corrected chi connectivity index (χ3v) is 2.81. The van der Waals surface area contributed by atoms with Crippen molar-refractivity contribution in [3.8, 4) is 0 Å². The van der Waals surface area contributed by atoms with Gasteiger partial charge in [0.05, 0.1) is 6.61 Å². The smallest absolute Gasteiger partial charge is 0.249 e. The largest absolute Gasteiger partial charge is 0.369 e. The molecule has 1 unspecified atom stereocenters. The Kier molecular flexibility index (Phi) is 3.62. The van der Waals surface area contributed by atoms with E-state index >= 15 is 0 Å². The van der Waals surface area contributed by atoms with Crippen molar-refractivity contribution in [1.82, 2.24) is 5.32 Å². The Bertz CT molecular complexity index is 485. The van der Waals surface area contributed by atoms with Crippen molar-refractivity contribution in [1.29, 1.82) is 0 Å². The molecule has 2 N–H and O–H groups in total. The van der Waals surface area contributed by atoms with E-state index in [1.165, 1.54) is 0 Å². The molecule has 0 aromatic heterocycles. The van der Waals surface area contributed by atoms with Gasteiger partial charge in [0.25, 0.3) is 0 Å². The second-order valence-electron chi connectivity index (χ2n) is 4.44. The molecule has 0 radical (unpaired) electrons. The Balaban J connectivity index is 2.04. The van der Waals surface area contributed by atoms with Crippen LogP contribution in [-0.4, -0.2) is 31.1 Å². The predicted molar refractivity (Wildman–Crippen MR) is 67.3 cm³/mol. The molecule has 1 aromatic rings. The zero-order valence-corrected chi connectivity index (χ0v) is 10.4. The van der Waals surface area contributed by atoms with Crippen LogP contribution in [0.4, 0.5) is 5.69 Å². The summed E-state index contributed by atoms with van der Waals surface area (Å²) in [5.41, 5.74) is 2.89. The molecule has 5 heteroatoms. The molecule has 0 saturated carbocycles. The summed E-state index contributed by atoms with van der Waals surface area (Å²) in [4.78, 5) is 23.1. The highest BCUT2D eigenvalue weighted by atomic mass is 16.5. The number of aryl methyl sites for hydroxylation is 2. The van der Waals surface area contributed by atoms with E-state index in [-0.39, 0.29) is 25.0 Å². The number of morpholine rings is 1. The van der Waals surface area contributed by atoms with Crippen LogP contribution < -0.4 is 10.6 Å². The van der Waals surface area contributed by atoms with Crippen LogP contribution in [0.3, 0.4) is 0 Å². The topological polar surface area (TPSA) is 67.4 Å². The Labute approximate surface area is 106 Å². The van der Waals surface area contributed by atoms with Gasteiger partial charge >= 0.3 is 0 Å². The van der Waals surface area contributed by atoms with Crippen molar-refractivity contribution in [3.05, 3.63) is 29.3 Å². The minimum absolute atomic E-state index is 0.0212. The first-order valence-electron chi connectivity index (χ1n) is 5.81. The SMILES string of the molecule is Cc1ccc(NC(=O)C2COCC(=O)N2)c(C)c1. The van der Waals surface area contributed by atoms with Crippen molar-refractivity contribution in [2.45, 2.75) is 19.9 Å². The van der Waals surface area contributed by atoms with Gasteiger partial charge in [-0.15, -0.1) is 0 Å². The van der Waals surface area contributed by atoms with E-state index in [9.17, 15) is 9.59 Å². The van der Waals surface area contributed by atoms with Crippen LogP contribution in [0.2, 0.25) is 0 Å². The maximum atomic E-state index is 11.9. The van der Waals surface area contributed by atoms with Crippen LogP contribution >= 0.6 is 0 Å². The van der Waals surface area contributed by atoms with E-state index < -0.39 is 6.04 Å². The van der Waals surface area contributed by atoms with Crippen LogP contribution in [0.15, 0.2) is 18.2 Å². The minimum Gasteiger partial charge on any atom is -0.369 e. The number of rotatable bonds is 2. The first-order chi connectivity index (χ1) is 8.56. The summed E-state index contributed by atoms with van der Waals surface area (Å²) < 4.78 is 5.03. The first-order valence-corrected chi connectivity index (χ1v) is 5.81.